The summed E-state index contributed by atoms with van der Waals surface area (Å²) in [5, 5.41) is 9.19. The van der Waals surface area contributed by atoms with Gasteiger partial charge in [0.15, 0.2) is 0 Å². The molecule has 2 atom stereocenters. The molecular formula is C33H41N5O2. The third-order valence-electron chi connectivity index (χ3n) is 6.20. The van der Waals surface area contributed by atoms with Crippen molar-refractivity contribution in [2.45, 2.75) is 40.0 Å². The lowest BCUT2D eigenvalue weighted by Crippen LogP contribution is -2.50. The Morgan fingerprint density at radius 1 is 1.05 bits per heavy atom. The van der Waals surface area contributed by atoms with Crippen LogP contribution in [0.25, 0.3) is 0 Å². The van der Waals surface area contributed by atoms with E-state index < -0.39 is 5.92 Å². The number of aliphatic imine (C=N–C) groups is 1. The zero-order valence-electron chi connectivity index (χ0n) is 24.6. The number of hydrogen-bond donors (Lipinski definition) is 0. The highest BCUT2D eigenvalue weighted by atomic mass is 16.2. The molecule has 7 nitrogen and oxygen atoms in total. The molecule has 0 aliphatic carbocycles. The van der Waals surface area contributed by atoms with E-state index in [2.05, 4.69) is 43.8 Å². The van der Waals surface area contributed by atoms with E-state index in [4.69, 9.17) is 0 Å². The maximum atomic E-state index is 14.1. The van der Waals surface area contributed by atoms with Gasteiger partial charge in [-0.3, -0.25) is 4.79 Å². The fraction of sp³-hybridized carbons (Fsp3) is 0.333. The topological polar surface area (TPSA) is 80.0 Å². The zero-order chi connectivity index (χ0) is 30.6. The van der Waals surface area contributed by atoms with E-state index in [9.17, 15) is 14.9 Å². The number of nitriles is 1. The Hall–Kier alpha value is -4.62. The van der Waals surface area contributed by atoms with Crippen molar-refractivity contribution in [1.82, 2.24) is 9.80 Å². The number of hydrogen-bond acceptors (Lipinski definition) is 5. The van der Waals surface area contributed by atoms with Gasteiger partial charge in [0.25, 0.3) is 0 Å². The van der Waals surface area contributed by atoms with Gasteiger partial charge in [-0.15, -0.1) is 19.4 Å². The third-order valence-corrected chi connectivity index (χ3v) is 6.20. The van der Waals surface area contributed by atoms with Gasteiger partial charge in [0.1, 0.15) is 5.82 Å². The predicted octanol–water partition coefficient (Wildman–Crippen LogP) is 6.30. The average molecular weight is 540 g/mol. The molecular weight excluding hydrogens is 498 g/mol. The van der Waals surface area contributed by atoms with Crippen molar-refractivity contribution in [3.05, 3.63) is 89.3 Å². The number of allylic oxidation sites excluding steroid dienone is 1. The number of carbonyl (C=O) groups is 2. The van der Waals surface area contributed by atoms with Crippen LogP contribution in [0, 0.1) is 43.9 Å². The molecule has 0 spiro atoms. The van der Waals surface area contributed by atoms with Gasteiger partial charge >= 0.3 is 6.03 Å². The van der Waals surface area contributed by atoms with E-state index >= 15 is 0 Å². The summed E-state index contributed by atoms with van der Waals surface area (Å²) >= 11 is 0. The second-order valence-corrected chi connectivity index (χ2v) is 10.2. The molecule has 2 aromatic carbocycles. The van der Waals surface area contributed by atoms with Gasteiger partial charge < -0.3 is 9.80 Å². The van der Waals surface area contributed by atoms with Gasteiger partial charge in [-0.1, -0.05) is 30.4 Å². The molecule has 1 saturated heterocycles. The number of likely N-dealkylation sites (tertiary alicyclic amines) is 1. The number of aryl methyl sites for hydroxylation is 2. The molecule has 0 unspecified atom stereocenters. The van der Waals surface area contributed by atoms with Crippen LogP contribution in [-0.2, 0) is 4.79 Å². The van der Waals surface area contributed by atoms with Gasteiger partial charge in [-0.2, -0.15) is 5.26 Å². The van der Waals surface area contributed by atoms with Gasteiger partial charge in [-0.05, 0) is 81.8 Å². The standard InChI is InChI=1S/C27H31N5O2.C4H8.C2H2/c1-18-13-19(2)15-23(14-18)32(27(34)30(5)6)26(33)24-11-12-31(20(3)29-4)17-25(24)22-9-7-21(16-28)8-10-22;1-4(2)3;1-2/h7-10,13-15,24-25H,3-4,11-12,17H2,1-2,5-6H3;1H2,2-3H3;1-2H/t24-,25-;;/m0../s1. The molecule has 3 amide bonds. The summed E-state index contributed by atoms with van der Waals surface area (Å²) in [4.78, 5) is 36.0. The number of amides is 3. The minimum absolute atomic E-state index is 0.212. The summed E-state index contributed by atoms with van der Waals surface area (Å²) in [7, 11) is 3.29. The Morgan fingerprint density at radius 3 is 2.02 bits per heavy atom. The summed E-state index contributed by atoms with van der Waals surface area (Å²) in [5.41, 5.74) is 5.17. The van der Waals surface area contributed by atoms with Crippen LogP contribution < -0.4 is 4.90 Å². The van der Waals surface area contributed by atoms with E-state index in [1.807, 2.05) is 62.9 Å². The average Bonchev–Trinajstić information content (AvgIpc) is 2.92. The number of rotatable bonds is 5. The summed E-state index contributed by atoms with van der Waals surface area (Å²) in [5.74, 6) is -0.336. The minimum Gasteiger partial charge on any atom is -0.356 e. The summed E-state index contributed by atoms with van der Waals surface area (Å²) in [6, 6.07) is 14.8. The lowest BCUT2D eigenvalue weighted by atomic mass is 9.79. The number of terminal acetylenes is 1. The molecule has 210 valence electrons. The fourth-order valence-electron chi connectivity index (χ4n) is 4.50. The first-order valence-electron chi connectivity index (χ1n) is 12.9. The monoisotopic (exact) mass is 539 g/mol. The first-order chi connectivity index (χ1) is 18.9. The van der Waals surface area contributed by atoms with Gasteiger partial charge in [0, 0.05) is 39.0 Å². The molecule has 0 saturated carbocycles. The van der Waals surface area contributed by atoms with Crippen molar-refractivity contribution in [1.29, 1.82) is 5.26 Å². The molecule has 2 aromatic rings. The van der Waals surface area contributed by atoms with Crippen LogP contribution in [0.3, 0.4) is 0 Å². The number of urea groups is 1. The van der Waals surface area contributed by atoms with Crippen LogP contribution in [-0.4, -0.2) is 55.6 Å². The van der Waals surface area contributed by atoms with Crippen LogP contribution in [0.4, 0.5) is 10.5 Å². The van der Waals surface area contributed by atoms with Gasteiger partial charge in [-0.25, -0.2) is 14.7 Å². The fourth-order valence-corrected chi connectivity index (χ4v) is 4.50. The molecule has 1 aliphatic heterocycles. The Balaban J connectivity index is 0.00000122. The highest BCUT2D eigenvalue weighted by Crippen LogP contribution is 2.37. The van der Waals surface area contributed by atoms with Crippen LogP contribution in [0.5, 0.6) is 0 Å². The predicted molar refractivity (Wildman–Crippen MR) is 165 cm³/mol. The summed E-state index contributed by atoms with van der Waals surface area (Å²) in [6.45, 7) is 20.0. The van der Waals surface area contributed by atoms with E-state index in [1.165, 1.54) is 15.4 Å². The number of imide groups is 1. The quantitative estimate of drug-likeness (QED) is 0.254. The van der Waals surface area contributed by atoms with E-state index in [0.717, 1.165) is 16.7 Å². The molecule has 3 rings (SSSR count). The number of benzene rings is 2. The molecule has 0 N–H and O–H groups in total. The Labute approximate surface area is 240 Å². The Kier molecular flexibility index (Phi) is 13.1. The largest absolute Gasteiger partial charge is 0.356 e. The van der Waals surface area contributed by atoms with Crippen molar-refractivity contribution >= 4 is 24.3 Å². The third kappa shape index (κ3) is 8.99. The molecule has 1 aliphatic rings. The van der Waals surface area contributed by atoms with Crippen LogP contribution in [0.1, 0.15) is 48.4 Å². The normalized spacial score (nSPS) is 15.5. The van der Waals surface area contributed by atoms with Crippen LogP contribution in [0.15, 0.2) is 72.0 Å². The second kappa shape index (κ2) is 15.7. The lowest BCUT2D eigenvalue weighted by molar-refractivity contribution is -0.123. The molecule has 40 heavy (non-hydrogen) atoms. The molecule has 7 heteroatoms. The summed E-state index contributed by atoms with van der Waals surface area (Å²) in [6.07, 6.45) is 8.53. The first kappa shape index (κ1) is 33.4. The van der Waals surface area contributed by atoms with Crippen LogP contribution >= 0.6 is 0 Å². The first-order valence-corrected chi connectivity index (χ1v) is 12.9. The number of nitrogens with zero attached hydrogens (tertiary/aromatic N) is 5. The molecule has 0 bridgehead atoms. The lowest BCUT2D eigenvalue weighted by Gasteiger charge is -2.40. The van der Waals surface area contributed by atoms with E-state index in [-0.39, 0.29) is 17.9 Å². The molecule has 1 fully saturated rings. The number of piperidine rings is 1. The summed E-state index contributed by atoms with van der Waals surface area (Å²) < 4.78 is 0. The molecule has 1 heterocycles. The van der Waals surface area contributed by atoms with Crippen molar-refractivity contribution in [3.8, 4) is 18.9 Å². The highest BCUT2D eigenvalue weighted by molar-refractivity contribution is 6.15. The van der Waals surface area contributed by atoms with Gasteiger partial charge in [0.05, 0.1) is 17.3 Å². The smallest absolute Gasteiger partial charge is 0.330 e. The Morgan fingerprint density at radius 2 is 1.57 bits per heavy atom. The van der Waals surface area contributed by atoms with Crippen molar-refractivity contribution in [2.75, 3.05) is 32.1 Å². The van der Waals surface area contributed by atoms with Crippen molar-refractivity contribution in [2.24, 2.45) is 10.9 Å². The molecule has 0 aromatic heterocycles. The second-order valence-electron chi connectivity index (χ2n) is 10.2. The van der Waals surface area contributed by atoms with E-state index in [0.29, 0.717) is 36.6 Å². The maximum absolute atomic E-state index is 14.1. The van der Waals surface area contributed by atoms with Crippen molar-refractivity contribution in [3.63, 3.8) is 0 Å². The van der Waals surface area contributed by atoms with Crippen molar-refractivity contribution < 1.29 is 9.59 Å². The minimum atomic E-state index is -0.438. The maximum Gasteiger partial charge on any atom is 0.330 e. The highest BCUT2D eigenvalue weighted by Gasteiger charge is 2.40. The van der Waals surface area contributed by atoms with Gasteiger partial charge in [0.2, 0.25) is 5.91 Å². The number of carbonyl (C=O) groups excluding carboxylic acids is 2. The Bertz CT molecular complexity index is 1260. The van der Waals surface area contributed by atoms with E-state index in [1.54, 1.807) is 26.2 Å². The van der Waals surface area contributed by atoms with Crippen LogP contribution in [0.2, 0.25) is 0 Å². The zero-order valence-corrected chi connectivity index (χ0v) is 24.6. The molecule has 0 radical (unpaired) electrons. The SMILES string of the molecule is C#C.C=C(C)C.C=NC(=C)N1CC[C@H](C(=O)N(C(=O)N(C)C)c2cc(C)cc(C)c2)[C@H](c2ccc(C#N)cc2)C1. The number of anilines is 1.